The first-order valence-electron chi connectivity index (χ1n) is 8.74. The lowest BCUT2D eigenvalue weighted by atomic mass is 10.0. The Hall–Kier alpha value is -1.82. The number of carbonyl (C=O) groups excluding carboxylic acids is 2. The molecule has 1 fully saturated rings. The van der Waals surface area contributed by atoms with Gasteiger partial charge in [0.15, 0.2) is 5.76 Å². The fraction of sp³-hybridized carbons (Fsp3) is 0.667. The molecule has 6 heteroatoms. The summed E-state index contributed by atoms with van der Waals surface area (Å²) >= 11 is 0. The van der Waals surface area contributed by atoms with Crippen LogP contribution in [0.3, 0.4) is 0 Å². The Morgan fingerprint density at radius 1 is 1.17 bits per heavy atom. The Bertz CT molecular complexity index is 532. The average molecular weight is 335 g/mol. The van der Waals surface area contributed by atoms with Crippen molar-refractivity contribution in [2.75, 3.05) is 32.7 Å². The molecule has 0 aliphatic carbocycles. The minimum absolute atomic E-state index is 0.00546. The largest absolute Gasteiger partial charge is 0.459 e. The molecule has 1 aliphatic rings. The van der Waals surface area contributed by atoms with Crippen molar-refractivity contribution in [2.45, 2.75) is 33.7 Å². The smallest absolute Gasteiger partial charge is 0.287 e. The van der Waals surface area contributed by atoms with Gasteiger partial charge in [-0.3, -0.25) is 14.5 Å². The molecule has 1 atom stereocenters. The van der Waals surface area contributed by atoms with E-state index in [1.165, 1.54) is 6.26 Å². The van der Waals surface area contributed by atoms with Crippen molar-refractivity contribution in [3.63, 3.8) is 0 Å². The van der Waals surface area contributed by atoms with Gasteiger partial charge in [-0.05, 0) is 24.0 Å². The first kappa shape index (κ1) is 18.5. The summed E-state index contributed by atoms with van der Waals surface area (Å²) < 4.78 is 5.11. The van der Waals surface area contributed by atoms with E-state index >= 15 is 0 Å². The molecule has 2 rings (SSSR count). The second kappa shape index (κ2) is 8.33. The van der Waals surface area contributed by atoms with Crippen LogP contribution in [0.5, 0.6) is 0 Å². The molecule has 2 amide bonds. The molecule has 2 heterocycles. The number of rotatable bonds is 6. The first-order valence-corrected chi connectivity index (χ1v) is 8.74. The van der Waals surface area contributed by atoms with E-state index in [4.69, 9.17) is 4.42 Å². The molecule has 0 aromatic carbocycles. The third kappa shape index (κ3) is 4.84. The topological polar surface area (TPSA) is 65.8 Å². The number of amides is 2. The van der Waals surface area contributed by atoms with Crippen molar-refractivity contribution < 1.29 is 14.0 Å². The fourth-order valence-corrected chi connectivity index (χ4v) is 3.00. The lowest BCUT2D eigenvalue weighted by Crippen LogP contribution is -2.56. The summed E-state index contributed by atoms with van der Waals surface area (Å²) in [6.07, 6.45) is 1.45. The van der Waals surface area contributed by atoms with Crippen LogP contribution in [0.25, 0.3) is 0 Å². The predicted molar refractivity (Wildman–Crippen MR) is 92.7 cm³/mol. The van der Waals surface area contributed by atoms with Gasteiger partial charge in [-0.2, -0.15) is 0 Å². The average Bonchev–Trinajstić information content (AvgIpc) is 3.06. The molecule has 0 saturated carbocycles. The summed E-state index contributed by atoms with van der Waals surface area (Å²) in [7, 11) is 0. The molecule has 1 N–H and O–H groups in total. The second-order valence-corrected chi connectivity index (χ2v) is 7.19. The van der Waals surface area contributed by atoms with Crippen LogP contribution in [0.4, 0.5) is 0 Å². The minimum atomic E-state index is -0.528. The van der Waals surface area contributed by atoms with Gasteiger partial charge in [0.25, 0.3) is 5.91 Å². The van der Waals surface area contributed by atoms with E-state index in [0.717, 1.165) is 19.6 Å². The lowest BCUT2D eigenvalue weighted by molar-refractivity contribution is -0.136. The van der Waals surface area contributed by atoms with Crippen LogP contribution < -0.4 is 5.32 Å². The van der Waals surface area contributed by atoms with Gasteiger partial charge in [-0.1, -0.05) is 27.7 Å². The van der Waals surface area contributed by atoms with Gasteiger partial charge in [0.05, 0.1) is 6.26 Å². The Balaban J connectivity index is 1.93. The molecule has 24 heavy (non-hydrogen) atoms. The van der Waals surface area contributed by atoms with Crippen molar-refractivity contribution in [2.24, 2.45) is 11.8 Å². The standard InChI is InChI=1S/C18H29N3O3/c1-13(2)12-20-7-9-21(10-8-20)18(23)16(14(3)4)19-17(22)15-6-5-11-24-15/h5-6,11,13-14,16H,7-10,12H2,1-4H3,(H,19,22). The minimum Gasteiger partial charge on any atom is -0.459 e. The Labute approximate surface area is 144 Å². The van der Waals surface area contributed by atoms with E-state index in [1.54, 1.807) is 12.1 Å². The van der Waals surface area contributed by atoms with Gasteiger partial charge in [-0.15, -0.1) is 0 Å². The zero-order valence-electron chi connectivity index (χ0n) is 15.1. The van der Waals surface area contributed by atoms with Gasteiger partial charge in [0.1, 0.15) is 6.04 Å². The third-order valence-electron chi connectivity index (χ3n) is 4.27. The molecule has 0 radical (unpaired) electrons. The molecular formula is C18H29N3O3. The van der Waals surface area contributed by atoms with E-state index in [-0.39, 0.29) is 23.5 Å². The Morgan fingerprint density at radius 2 is 1.83 bits per heavy atom. The molecule has 134 valence electrons. The van der Waals surface area contributed by atoms with Gasteiger partial charge in [-0.25, -0.2) is 0 Å². The Morgan fingerprint density at radius 3 is 2.33 bits per heavy atom. The van der Waals surface area contributed by atoms with Crippen LogP contribution in [0, 0.1) is 11.8 Å². The molecule has 1 unspecified atom stereocenters. The lowest BCUT2D eigenvalue weighted by Gasteiger charge is -2.37. The fourth-order valence-electron chi connectivity index (χ4n) is 3.00. The van der Waals surface area contributed by atoms with E-state index in [1.807, 2.05) is 18.7 Å². The maximum atomic E-state index is 12.8. The highest BCUT2D eigenvalue weighted by Crippen LogP contribution is 2.12. The summed E-state index contributed by atoms with van der Waals surface area (Å²) in [6, 6.07) is 2.73. The maximum Gasteiger partial charge on any atom is 0.287 e. The summed E-state index contributed by atoms with van der Waals surface area (Å²) in [6.45, 7) is 12.6. The van der Waals surface area contributed by atoms with Crippen molar-refractivity contribution in [3.05, 3.63) is 24.2 Å². The first-order chi connectivity index (χ1) is 11.4. The summed E-state index contributed by atoms with van der Waals surface area (Å²) in [4.78, 5) is 29.3. The van der Waals surface area contributed by atoms with E-state index in [0.29, 0.717) is 19.0 Å². The Kier molecular flexibility index (Phi) is 6.43. The van der Waals surface area contributed by atoms with Gasteiger partial charge in [0.2, 0.25) is 5.91 Å². The molecule has 1 saturated heterocycles. The summed E-state index contributed by atoms with van der Waals surface area (Å²) in [5.74, 6) is 0.531. The van der Waals surface area contributed by atoms with Crippen LogP contribution in [0.15, 0.2) is 22.8 Å². The summed E-state index contributed by atoms with van der Waals surface area (Å²) in [5.41, 5.74) is 0. The number of carbonyl (C=O) groups is 2. The van der Waals surface area contributed by atoms with Crippen molar-refractivity contribution in [1.82, 2.24) is 15.1 Å². The molecular weight excluding hydrogens is 306 g/mol. The van der Waals surface area contributed by atoms with Crippen LogP contribution in [0.2, 0.25) is 0 Å². The van der Waals surface area contributed by atoms with Crippen LogP contribution in [-0.4, -0.2) is 60.4 Å². The molecule has 0 spiro atoms. The van der Waals surface area contributed by atoms with Crippen molar-refractivity contribution in [1.29, 1.82) is 0 Å². The highest BCUT2D eigenvalue weighted by Gasteiger charge is 2.31. The van der Waals surface area contributed by atoms with E-state index < -0.39 is 6.04 Å². The van der Waals surface area contributed by atoms with Gasteiger partial charge >= 0.3 is 0 Å². The maximum absolute atomic E-state index is 12.8. The van der Waals surface area contributed by atoms with Crippen LogP contribution >= 0.6 is 0 Å². The number of hydrogen-bond acceptors (Lipinski definition) is 4. The monoisotopic (exact) mass is 335 g/mol. The predicted octanol–water partition coefficient (Wildman–Crippen LogP) is 1.83. The number of nitrogens with zero attached hydrogens (tertiary/aromatic N) is 2. The summed E-state index contributed by atoms with van der Waals surface area (Å²) in [5, 5.41) is 2.82. The third-order valence-corrected chi connectivity index (χ3v) is 4.27. The van der Waals surface area contributed by atoms with Gasteiger partial charge in [0, 0.05) is 32.7 Å². The highest BCUT2D eigenvalue weighted by molar-refractivity contribution is 5.95. The van der Waals surface area contributed by atoms with E-state index in [9.17, 15) is 9.59 Å². The van der Waals surface area contributed by atoms with E-state index in [2.05, 4.69) is 24.1 Å². The number of furan rings is 1. The zero-order valence-corrected chi connectivity index (χ0v) is 15.1. The highest BCUT2D eigenvalue weighted by atomic mass is 16.3. The number of hydrogen-bond donors (Lipinski definition) is 1. The molecule has 1 aromatic rings. The number of nitrogens with one attached hydrogen (secondary N) is 1. The zero-order chi connectivity index (χ0) is 17.7. The quantitative estimate of drug-likeness (QED) is 0.861. The normalized spacial score (nSPS) is 17.3. The molecule has 0 bridgehead atoms. The number of piperazine rings is 1. The second-order valence-electron chi connectivity index (χ2n) is 7.19. The molecule has 6 nitrogen and oxygen atoms in total. The van der Waals surface area contributed by atoms with Gasteiger partial charge < -0.3 is 14.6 Å². The van der Waals surface area contributed by atoms with Crippen LogP contribution in [0.1, 0.15) is 38.2 Å². The van der Waals surface area contributed by atoms with Crippen LogP contribution in [-0.2, 0) is 4.79 Å². The van der Waals surface area contributed by atoms with Crippen molar-refractivity contribution in [3.8, 4) is 0 Å². The molecule has 1 aromatic heterocycles. The van der Waals surface area contributed by atoms with Crippen molar-refractivity contribution >= 4 is 11.8 Å². The SMILES string of the molecule is CC(C)CN1CCN(C(=O)C(NC(=O)c2ccco2)C(C)C)CC1. The molecule has 1 aliphatic heterocycles.